The standard InChI is InChI=1S/C16H26ClF3N4O/c17-14-13(9-21-22-15(14)25)24-7-5-23(6-8-24)10-11-3-1-2-4-12(11)16(18,19)20/h11-14,21H,1-10H2,(H,22,25). The molecule has 0 bridgehead atoms. The zero-order valence-electron chi connectivity index (χ0n) is 14.2. The lowest BCUT2D eigenvalue weighted by molar-refractivity contribution is -0.198. The van der Waals surface area contributed by atoms with E-state index in [9.17, 15) is 18.0 Å². The van der Waals surface area contributed by atoms with Crippen molar-refractivity contribution in [2.45, 2.75) is 43.3 Å². The van der Waals surface area contributed by atoms with Crippen molar-refractivity contribution < 1.29 is 18.0 Å². The minimum atomic E-state index is -4.08. The van der Waals surface area contributed by atoms with E-state index in [1.807, 2.05) is 0 Å². The molecule has 1 aliphatic carbocycles. The highest BCUT2D eigenvalue weighted by atomic mass is 35.5. The van der Waals surface area contributed by atoms with Crippen molar-refractivity contribution in [3.8, 4) is 0 Å². The van der Waals surface area contributed by atoms with Crippen LogP contribution < -0.4 is 10.9 Å². The maximum atomic E-state index is 13.2. The highest BCUT2D eigenvalue weighted by Gasteiger charge is 2.46. The van der Waals surface area contributed by atoms with Crippen molar-refractivity contribution in [1.82, 2.24) is 20.7 Å². The molecule has 2 N–H and O–H groups in total. The molecular formula is C16H26ClF3N4O. The van der Waals surface area contributed by atoms with E-state index in [1.54, 1.807) is 0 Å². The first kappa shape index (κ1) is 19.2. The highest BCUT2D eigenvalue weighted by molar-refractivity contribution is 6.31. The molecule has 3 aliphatic rings. The number of amides is 1. The molecule has 2 saturated heterocycles. The third-order valence-corrected chi connectivity index (χ3v) is 6.30. The molecule has 3 rings (SSSR count). The maximum absolute atomic E-state index is 13.2. The molecule has 3 fully saturated rings. The quantitative estimate of drug-likeness (QED) is 0.728. The number of hydrogen-bond acceptors (Lipinski definition) is 4. The van der Waals surface area contributed by atoms with Crippen molar-refractivity contribution in [3.63, 3.8) is 0 Å². The Morgan fingerprint density at radius 3 is 2.48 bits per heavy atom. The van der Waals surface area contributed by atoms with Crippen LogP contribution in [0.1, 0.15) is 25.7 Å². The summed E-state index contributed by atoms with van der Waals surface area (Å²) < 4.78 is 39.7. The molecule has 0 aromatic carbocycles. The first-order valence-corrected chi connectivity index (χ1v) is 9.50. The Hall–Kier alpha value is -0.570. The van der Waals surface area contributed by atoms with Gasteiger partial charge in [0.1, 0.15) is 5.38 Å². The Kier molecular flexibility index (Phi) is 6.13. The Balaban J connectivity index is 1.51. The number of halogens is 4. The molecular weight excluding hydrogens is 357 g/mol. The van der Waals surface area contributed by atoms with Gasteiger partial charge >= 0.3 is 6.18 Å². The number of hydrazine groups is 1. The highest BCUT2D eigenvalue weighted by Crippen LogP contribution is 2.41. The van der Waals surface area contributed by atoms with Gasteiger partial charge in [-0.2, -0.15) is 13.2 Å². The van der Waals surface area contributed by atoms with Crippen LogP contribution >= 0.6 is 11.6 Å². The summed E-state index contributed by atoms with van der Waals surface area (Å²) in [5, 5.41) is -0.597. The molecule has 0 aromatic rings. The van der Waals surface area contributed by atoms with Crippen molar-refractivity contribution in [2.75, 3.05) is 39.3 Å². The lowest BCUT2D eigenvalue weighted by atomic mass is 9.78. The molecule has 0 spiro atoms. The van der Waals surface area contributed by atoms with Crippen molar-refractivity contribution in [1.29, 1.82) is 0 Å². The second-order valence-corrected chi connectivity index (χ2v) is 7.84. The number of carbonyl (C=O) groups is 1. The zero-order chi connectivity index (χ0) is 18.0. The lowest BCUT2D eigenvalue weighted by Gasteiger charge is -2.44. The van der Waals surface area contributed by atoms with E-state index in [-0.39, 0.29) is 24.3 Å². The van der Waals surface area contributed by atoms with Crippen LogP contribution in [-0.2, 0) is 4.79 Å². The fourth-order valence-electron chi connectivity index (χ4n) is 4.37. The minimum absolute atomic E-state index is 0.0739. The van der Waals surface area contributed by atoms with Gasteiger partial charge in [-0.3, -0.25) is 15.1 Å². The van der Waals surface area contributed by atoms with Crippen LogP contribution in [0.5, 0.6) is 0 Å². The van der Waals surface area contributed by atoms with Crippen LogP contribution in [0.2, 0.25) is 0 Å². The zero-order valence-corrected chi connectivity index (χ0v) is 15.0. The summed E-state index contributed by atoms with van der Waals surface area (Å²) >= 11 is 6.20. The third-order valence-electron chi connectivity index (χ3n) is 5.81. The molecule has 2 heterocycles. The Bertz CT molecular complexity index is 471. The molecule has 5 nitrogen and oxygen atoms in total. The van der Waals surface area contributed by atoms with Crippen LogP contribution in [0, 0.1) is 11.8 Å². The first-order valence-electron chi connectivity index (χ1n) is 9.06. The molecule has 1 amide bonds. The molecule has 4 unspecified atom stereocenters. The van der Waals surface area contributed by atoms with Crippen LogP contribution in [0.25, 0.3) is 0 Å². The van der Waals surface area contributed by atoms with E-state index in [0.717, 1.165) is 32.6 Å². The molecule has 2 aliphatic heterocycles. The van der Waals surface area contributed by atoms with E-state index in [1.165, 1.54) is 0 Å². The molecule has 9 heteroatoms. The monoisotopic (exact) mass is 382 g/mol. The van der Waals surface area contributed by atoms with E-state index in [2.05, 4.69) is 20.7 Å². The van der Waals surface area contributed by atoms with Crippen LogP contribution in [0.3, 0.4) is 0 Å². The summed E-state index contributed by atoms with van der Waals surface area (Å²) in [7, 11) is 0. The molecule has 1 saturated carbocycles. The largest absolute Gasteiger partial charge is 0.392 e. The average molecular weight is 383 g/mol. The molecule has 0 radical (unpaired) electrons. The maximum Gasteiger partial charge on any atom is 0.392 e. The fourth-order valence-corrected chi connectivity index (χ4v) is 4.67. The SMILES string of the molecule is O=C1NNCC(N2CCN(CC3CCCCC3C(F)(F)F)CC2)C1Cl. The topological polar surface area (TPSA) is 47.6 Å². The Morgan fingerprint density at radius 2 is 1.80 bits per heavy atom. The number of alkyl halides is 4. The van der Waals surface area contributed by atoms with E-state index < -0.39 is 17.5 Å². The molecule has 4 atom stereocenters. The van der Waals surface area contributed by atoms with Gasteiger partial charge in [-0.05, 0) is 18.8 Å². The van der Waals surface area contributed by atoms with Crippen LogP contribution in [0.15, 0.2) is 0 Å². The molecule has 144 valence electrons. The third kappa shape index (κ3) is 4.59. The van der Waals surface area contributed by atoms with Gasteiger partial charge in [0.2, 0.25) is 0 Å². The number of nitrogens with one attached hydrogen (secondary N) is 2. The Labute approximate surface area is 151 Å². The van der Waals surface area contributed by atoms with Gasteiger partial charge < -0.3 is 4.90 Å². The van der Waals surface area contributed by atoms with E-state index in [4.69, 9.17) is 11.6 Å². The summed E-state index contributed by atoms with van der Waals surface area (Å²) in [4.78, 5) is 16.0. The predicted octanol–water partition coefficient (Wildman–Crippen LogP) is 1.58. The van der Waals surface area contributed by atoms with Crippen LogP contribution in [-0.4, -0.2) is 72.6 Å². The smallest absolute Gasteiger partial charge is 0.301 e. The summed E-state index contributed by atoms with van der Waals surface area (Å²) in [6.45, 7) is 4.01. The van der Waals surface area contributed by atoms with Gasteiger partial charge in [0.15, 0.2) is 0 Å². The second-order valence-electron chi connectivity index (χ2n) is 7.37. The van der Waals surface area contributed by atoms with Crippen molar-refractivity contribution >= 4 is 17.5 Å². The second kappa shape index (κ2) is 7.98. The lowest BCUT2D eigenvalue weighted by Crippen LogP contribution is -2.64. The number of carbonyl (C=O) groups excluding carboxylic acids is 1. The first-order chi connectivity index (χ1) is 11.9. The number of piperazine rings is 1. The van der Waals surface area contributed by atoms with Gasteiger partial charge in [-0.25, -0.2) is 5.43 Å². The molecule has 25 heavy (non-hydrogen) atoms. The van der Waals surface area contributed by atoms with Gasteiger partial charge in [0.25, 0.3) is 5.91 Å². The summed E-state index contributed by atoms with van der Waals surface area (Å²) in [5.41, 5.74) is 5.37. The minimum Gasteiger partial charge on any atom is -0.301 e. The van der Waals surface area contributed by atoms with Gasteiger partial charge in [-0.15, -0.1) is 11.6 Å². The number of nitrogens with zero attached hydrogens (tertiary/aromatic N) is 2. The van der Waals surface area contributed by atoms with Gasteiger partial charge in [0.05, 0.1) is 5.92 Å². The Morgan fingerprint density at radius 1 is 1.12 bits per heavy atom. The van der Waals surface area contributed by atoms with Crippen LogP contribution in [0.4, 0.5) is 13.2 Å². The average Bonchev–Trinajstić information content (AvgIpc) is 2.58. The summed E-state index contributed by atoms with van der Waals surface area (Å²) in [6, 6.07) is -0.0739. The predicted molar refractivity (Wildman–Crippen MR) is 89.1 cm³/mol. The van der Waals surface area contributed by atoms with Crippen molar-refractivity contribution in [2.24, 2.45) is 11.8 Å². The van der Waals surface area contributed by atoms with E-state index in [0.29, 0.717) is 25.9 Å². The van der Waals surface area contributed by atoms with Crippen molar-refractivity contribution in [3.05, 3.63) is 0 Å². The number of hydrogen-bond donors (Lipinski definition) is 2. The molecule has 0 aromatic heterocycles. The number of rotatable bonds is 3. The fraction of sp³-hybridized carbons (Fsp3) is 0.938. The summed E-state index contributed by atoms with van der Waals surface area (Å²) in [5.74, 6) is -1.67. The van der Waals surface area contributed by atoms with Gasteiger partial charge in [-0.1, -0.05) is 12.8 Å². The normalized spacial score (nSPS) is 36.2. The van der Waals surface area contributed by atoms with E-state index >= 15 is 0 Å². The van der Waals surface area contributed by atoms with Gasteiger partial charge in [0, 0.05) is 45.3 Å². The summed E-state index contributed by atoms with van der Waals surface area (Å²) in [6.07, 6.45) is -1.57.